The monoisotopic (exact) mass is 1450 g/mol. The van der Waals surface area contributed by atoms with E-state index in [0.29, 0.717) is 77.4 Å². The maximum atomic E-state index is 16.2. The van der Waals surface area contributed by atoms with Crippen LogP contribution in [-0.4, -0.2) is 189 Å². The molecule has 30 heteroatoms. The summed E-state index contributed by atoms with van der Waals surface area (Å²) < 4.78 is 51.6. The Morgan fingerprint density at radius 1 is 0.695 bits per heavy atom. The SMILES string of the molecule is COc1ccc(C[C@@H]2NC(=O)[C@H]([C@@H](C)O)NC(=O)[C@@H]3C[C@H](F)CN3C(=O)[C@H](Cc3c[nH]c4ccc(F)cc34)NC(=O)[C@H](Cc3c[nH]c4ccc(F)cc34)NC(=O)[C@@H](C)NC(=O)[C@H](CCCCN)NC(=O)[C@@H](NC(C)=O)CCCC=CCc3ccc(cc3)C[C@@H](C(N)=O)NC(=O)[C@]3(C)CCCN3C2=O)cc1. The lowest BCUT2D eigenvalue weighted by molar-refractivity contribution is -0.147. The van der Waals surface area contributed by atoms with Gasteiger partial charge in [0.2, 0.25) is 65.0 Å². The van der Waals surface area contributed by atoms with E-state index >= 15 is 23.2 Å². The van der Waals surface area contributed by atoms with Gasteiger partial charge in [-0.25, -0.2) is 13.2 Å². The van der Waals surface area contributed by atoms with Crippen LogP contribution in [0.5, 0.6) is 5.75 Å². The third-order valence-electron chi connectivity index (χ3n) is 19.6. The molecule has 0 radical (unpaired) electrons. The second kappa shape index (κ2) is 35.7. The second-order valence-electron chi connectivity index (χ2n) is 27.5. The molecule has 0 aliphatic carbocycles. The predicted molar refractivity (Wildman–Crippen MR) is 382 cm³/mol. The smallest absolute Gasteiger partial charge is 0.246 e. The van der Waals surface area contributed by atoms with E-state index in [4.69, 9.17) is 16.2 Å². The van der Waals surface area contributed by atoms with Crippen LogP contribution in [0.4, 0.5) is 13.2 Å². The number of methoxy groups -OCH3 is 1. The van der Waals surface area contributed by atoms with E-state index in [0.717, 1.165) is 10.5 Å². The van der Waals surface area contributed by atoms with Gasteiger partial charge in [-0.2, -0.15) is 0 Å². The molecule has 4 aliphatic heterocycles. The third kappa shape index (κ3) is 20.2. The number of unbranched alkanes of at least 4 members (excludes halogenated alkanes) is 1. The number of aromatic nitrogens is 2. The fraction of sp³-hybridized carbons (Fsp3) is 0.453. The predicted octanol–water partition coefficient (Wildman–Crippen LogP) is 2.72. The summed E-state index contributed by atoms with van der Waals surface area (Å²) in [5, 5.41) is 33.3. The lowest BCUT2D eigenvalue weighted by Gasteiger charge is -2.37. The second-order valence-corrected chi connectivity index (χ2v) is 27.5. The van der Waals surface area contributed by atoms with E-state index in [2.05, 4.69) is 52.5 Å². The number of hydrogen-bond acceptors (Lipinski definition) is 14. The first kappa shape index (κ1) is 78.5. The number of aliphatic hydroxyl groups excluding tert-OH is 1. The first-order chi connectivity index (χ1) is 50.1. The molecule has 105 heavy (non-hydrogen) atoms. The van der Waals surface area contributed by atoms with Crippen LogP contribution >= 0.6 is 0 Å². The quantitative estimate of drug-likeness (QED) is 0.0424. The van der Waals surface area contributed by atoms with E-state index in [-0.39, 0.29) is 56.1 Å². The highest BCUT2D eigenvalue weighted by molar-refractivity contribution is 6.01. The molecular weight excluding hydrogens is 1360 g/mol. The Bertz CT molecular complexity index is 4190. The number of aliphatic hydroxyl groups is 1. The minimum absolute atomic E-state index is 0.0187. The zero-order valence-corrected chi connectivity index (χ0v) is 59.3. The van der Waals surface area contributed by atoms with Crippen molar-refractivity contribution < 1.29 is 75.8 Å². The molecule has 0 saturated carbocycles. The largest absolute Gasteiger partial charge is 0.497 e. The zero-order valence-electron chi connectivity index (χ0n) is 59.3. The molecule has 562 valence electrons. The molecule has 0 spiro atoms. The van der Waals surface area contributed by atoms with E-state index in [1.807, 2.05) is 24.3 Å². The van der Waals surface area contributed by atoms with Crippen LogP contribution in [0.25, 0.3) is 21.8 Å². The van der Waals surface area contributed by atoms with Crippen LogP contribution in [-0.2, 0) is 84.8 Å². The number of nitrogens with zero attached hydrogens (tertiary/aromatic N) is 2. The van der Waals surface area contributed by atoms with E-state index < -0.39 is 175 Å². The van der Waals surface area contributed by atoms with Crippen molar-refractivity contribution in [3.63, 3.8) is 0 Å². The maximum absolute atomic E-state index is 16.2. The third-order valence-corrected chi connectivity index (χ3v) is 19.6. The number of carbonyl (C=O) groups excluding carboxylic acids is 11. The molecule has 2 fully saturated rings. The highest BCUT2D eigenvalue weighted by Crippen LogP contribution is 2.32. The first-order valence-electron chi connectivity index (χ1n) is 35.3. The van der Waals surface area contributed by atoms with Gasteiger partial charge in [-0.15, -0.1) is 0 Å². The summed E-state index contributed by atoms with van der Waals surface area (Å²) in [5.74, 6) is -10.5. The minimum atomic E-state index is -1.90. The molecule has 27 nitrogen and oxygen atoms in total. The molecule has 11 amide bonds. The number of fused-ring (bicyclic) bond motifs is 31. The maximum Gasteiger partial charge on any atom is 0.246 e. The Morgan fingerprint density at radius 3 is 1.91 bits per heavy atom. The number of nitrogens with one attached hydrogen (secondary N) is 10. The molecule has 2 aromatic heterocycles. The Hall–Kier alpha value is -10.6. The van der Waals surface area contributed by atoms with Gasteiger partial charge in [0.25, 0.3) is 0 Å². The minimum Gasteiger partial charge on any atom is -0.497 e. The van der Waals surface area contributed by atoms with Crippen molar-refractivity contribution in [2.24, 2.45) is 11.5 Å². The van der Waals surface area contributed by atoms with Gasteiger partial charge in [-0.05, 0) is 161 Å². The zero-order chi connectivity index (χ0) is 75.8. The van der Waals surface area contributed by atoms with Crippen molar-refractivity contribution in [2.45, 2.75) is 190 Å². The van der Waals surface area contributed by atoms with Crippen molar-refractivity contribution in [1.82, 2.24) is 62.3 Å². The number of primary amides is 1. The fourth-order valence-corrected chi connectivity index (χ4v) is 13.7. The molecule has 4 aromatic carbocycles. The average Bonchev–Trinajstić information content (AvgIpc) is 1.73. The van der Waals surface area contributed by atoms with Gasteiger partial charge < -0.3 is 83.6 Å². The van der Waals surface area contributed by atoms with Crippen molar-refractivity contribution in [1.29, 1.82) is 0 Å². The topological polar surface area (TPSA) is 404 Å². The lowest BCUT2D eigenvalue weighted by Crippen LogP contribution is -2.64. The van der Waals surface area contributed by atoms with Crippen LogP contribution in [0.3, 0.4) is 0 Å². The average molecular weight is 1460 g/mol. The molecule has 2 bridgehead atoms. The Kier molecular flexibility index (Phi) is 26.7. The molecular formula is C75H93F3N14O13. The van der Waals surface area contributed by atoms with Crippen molar-refractivity contribution in [3.05, 3.63) is 149 Å². The van der Waals surface area contributed by atoms with Gasteiger partial charge in [-0.3, -0.25) is 52.7 Å². The van der Waals surface area contributed by atoms with Crippen molar-refractivity contribution >= 4 is 86.8 Å². The number of carbonyl (C=O) groups is 11. The first-order valence-corrected chi connectivity index (χ1v) is 35.3. The molecule has 0 unspecified atom stereocenters. The van der Waals surface area contributed by atoms with Gasteiger partial charge in [-0.1, -0.05) is 48.6 Å². The Morgan fingerprint density at radius 2 is 1.30 bits per heavy atom. The van der Waals surface area contributed by atoms with Crippen LogP contribution in [0.1, 0.15) is 113 Å². The van der Waals surface area contributed by atoms with Gasteiger partial charge in [0.1, 0.15) is 83.5 Å². The molecule has 4 aliphatic rings. The van der Waals surface area contributed by atoms with Crippen LogP contribution < -0.4 is 58.7 Å². The number of H-pyrrole nitrogens is 2. The van der Waals surface area contributed by atoms with E-state index in [9.17, 15) is 47.9 Å². The van der Waals surface area contributed by atoms with Crippen LogP contribution in [0.2, 0.25) is 0 Å². The number of ether oxygens (including phenoxy) is 1. The fourth-order valence-electron chi connectivity index (χ4n) is 13.7. The van der Waals surface area contributed by atoms with Gasteiger partial charge >= 0.3 is 0 Å². The van der Waals surface area contributed by atoms with Crippen LogP contribution in [0, 0.1) is 11.6 Å². The highest BCUT2D eigenvalue weighted by atomic mass is 19.1. The number of allylic oxidation sites excluding steroid dienone is 2. The molecule has 10 rings (SSSR count). The Labute approximate surface area is 605 Å². The number of amides is 11. The molecule has 15 N–H and O–H groups in total. The standard InChI is InChI=1S/C75H93F3N14O13/c1-41-66(96)86-60(33-47-38-81-55-26-22-49(76)35-53(47)55)69(99)87-62(34-48-39-82-56-27-23-50(77)36-54(48)56)72(102)91-40-51(78)37-63(91)70(100)90-64(42(2)93)71(101)88-61(32-46-20-24-52(105-5)25-21-46)73(103)92-30-12-28-75(92,4)74(104)89-59(65(80)95)31-45-18-16-44(17-19-45)13-8-6-7-9-14-57(84-43(3)94)68(98)85-58(67(97)83-41)15-10-11-29-79/h6,8,16-27,35-36,38-39,41-42,51,57-64,81-82,93H,7,9-15,28-34,37,40,79H2,1-5H3,(H2,80,95)(H,83,97)(H,84,94)(H,85,98)(H,86,96)(H,87,99)(H,88,101)(H,89,104)(H,90,100)/t41-,42-,51+,57+,58+,59+,60+,61+,62+,63+,64+,75+/m1/s1. The summed E-state index contributed by atoms with van der Waals surface area (Å²) >= 11 is 0. The lowest BCUT2D eigenvalue weighted by atomic mass is 9.94. The normalized spacial score (nSPS) is 25.3. The molecule has 6 aromatic rings. The number of alkyl halides is 1. The summed E-state index contributed by atoms with van der Waals surface area (Å²) in [5.41, 5.74) is 13.6. The molecule has 12 atom stereocenters. The summed E-state index contributed by atoms with van der Waals surface area (Å²) in [6.45, 7) is 4.77. The van der Waals surface area contributed by atoms with Gasteiger partial charge in [0.05, 0.1) is 19.8 Å². The number of hydrogen-bond donors (Lipinski definition) is 13. The van der Waals surface area contributed by atoms with Crippen LogP contribution in [0.15, 0.2) is 109 Å². The number of nitrogens with two attached hydrogens (primary N) is 2. The molecule has 2 saturated heterocycles. The summed E-state index contributed by atoms with van der Waals surface area (Å²) in [6.07, 6.45) is 4.21. The Balaban J connectivity index is 1.07. The number of halogens is 3. The van der Waals surface area contributed by atoms with Crippen molar-refractivity contribution in [2.75, 3.05) is 26.7 Å². The number of rotatable bonds is 14. The molecule has 6 heterocycles. The van der Waals surface area contributed by atoms with E-state index in [1.165, 1.54) is 88.5 Å². The van der Waals surface area contributed by atoms with Gasteiger partial charge in [0.15, 0.2) is 0 Å². The number of benzene rings is 4. The van der Waals surface area contributed by atoms with Crippen molar-refractivity contribution in [3.8, 4) is 5.75 Å². The summed E-state index contributed by atoms with van der Waals surface area (Å²) in [6, 6.07) is 7.78. The van der Waals surface area contributed by atoms with Gasteiger partial charge in [0, 0.05) is 79.8 Å². The van der Waals surface area contributed by atoms with E-state index in [1.54, 1.807) is 36.4 Å². The number of aromatic amines is 2. The highest BCUT2D eigenvalue weighted by Gasteiger charge is 2.50. The summed E-state index contributed by atoms with van der Waals surface area (Å²) in [7, 11) is 1.46. The summed E-state index contributed by atoms with van der Waals surface area (Å²) in [4.78, 5) is 167.